The molecule has 0 aromatic heterocycles. The maximum absolute atomic E-state index is 5.92. The molecule has 2 nitrogen and oxygen atoms in total. The summed E-state index contributed by atoms with van der Waals surface area (Å²) in [4.78, 5) is 0. The zero-order valence-electron chi connectivity index (χ0n) is 9.92. The highest BCUT2D eigenvalue weighted by Crippen LogP contribution is 2.24. The van der Waals surface area contributed by atoms with Gasteiger partial charge in [0.1, 0.15) is 0 Å². The summed E-state index contributed by atoms with van der Waals surface area (Å²) in [7, 11) is 0. The van der Waals surface area contributed by atoms with Crippen LogP contribution in [0.15, 0.2) is 18.2 Å². The van der Waals surface area contributed by atoms with Gasteiger partial charge < -0.3 is 11.1 Å². The lowest BCUT2D eigenvalue weighted by atomic mass is 10.1. The van der Waals surface area contributed by atoms with Crippen LogP contribution in [0, 0.1) is 6.92 Å². The third-order valence-electron chi connectivity index (χ3n) is 2.46. The highest BCUT2D eigenvalue weighted by Gasteiger charge is 2.15. The van der Waals surface area contributed by atoms with Gasteiger partial charge in [-0.05, 0) is 44.7 Å². The predicted octanol–water partition coefficient (Wildman–Crippen LogP) is 3.13. The van der Waals surface area contributed by atoms with E-state index in [1.807, 2.05) is 30.8 Å². The van der Waals surface area contributed by atoms with Crippen LogP contribution in [0.3, 0.4) is 0 Å². The van der Waals surface area contributed by atoms with Gasteiger partial charge in [-0.3, -0.25) is 0 Å². The Morgan fingerprint density at radius 2 is 2.07 bits per heavy atom. The summed E-state index contributed by atoms with van der Waals surface area (Å²) in [5.74, 6) is 0. The van der Waals surface area contributed by atoms with Crippen molar-refractivity contribution in [2.45, 2.75) is 25.5 Å². The van der Waals surface area contributed by atoms with E-state index in [4.69, 9.17) is 5.73 Å². The Hall–Kier alpha value is -0.830. The van der Waals surface area contributed by atoms with Crippen LogP contribution in [-0.4, -0.2) is 17.5 Å². The average molecular weight is 224 g/mol. The molecule has 3 heteroatoms. The number of anilines is 2. The Labute approximate surface area is 96.6 Å². The highest BCUT2D eigenvalue weighted by molar-refractivity contribution is 7.99. The molecule has 0 bridgehead atoms. The minimum atomic E-state index is 0.233. The largest absolute Gasteiger partial charge is 0.397 e. The van der Waals surface area contributed by atoms with Crippen molar-refractivity contribution >= 4 is 23.1 Å². The van der Waals surface area contributed by atoms with E-state index in [1.54, 1.807) is 0 Å². The van der Waals surface area contributed by atoms with Crippen molar-refractivity contribution in [1.82, 2.24) is 0 Å². The lowest BCUT2D eigenvalue weighted by molar-refractivity contribution is 0.753. The number of nitrogens with one attached hydrogen (secondary N) is 1. The molecule has 1 rings (SSSR count). The Morgan fingerprint density at radius 1 is 1.40 bits per heavy atom. The van der Waals surface area contributed by atoms with Crippen molar-refractivity contribution in [3.63, 3.8) is 0 Å². The third kappa shape index (κ3) is 3.67. The van der Waals surface area contributed by atoms with Crippen LogP contribution < -0.4 is 11.1 Å². The maximum Gasteiger partial charge on any atom is 0.0574 e. The number of hydrogen-bond donors (Lipinski definition) is 2. The third-order valence-corrected chi connectivity index (χ3v) is 3.71. The first-order chi connectivity index (χ1) is 6.94. The summed E-state index contributed by atoms with van der Waals surface area (Å²) in [6, 6.07) is 6.11. The van der Waals surface area contributed by atoms with Gasteiger partial charge in [-0.2, -0.15) is 11.8 Å². The van der Waals surface area contributed by atoms with Crippen LogP contribution in [0.4, 0.5) is 11.4 Å². The molecule has 0 saturated carbocycles. The van der Waals surface area contributed by atoms with Gasteiger partial charge in [0.15, 0.2) is 0 Å². The van der Waals surface area contributed by atoms with E-state index in [9.17, 15) is 0 Å². The number of aryl methyl sites for hydroxylation is 1. The molecule has 0 atom stereocenters. The Bertz CT molecular complexity index is 334. The smallest absolute Gasteiger partial charge is 0.0574 e. The molecule has 1 aromatic carbocycles. The molecule has 15 heavy (non-hydrogen) atoms. The van der Waals surface area contributed by atoms with Crippen LogP contribution >= 0.6 is 11.8 Å². The van der Waals surface area contributed by atoms with Gasteiger partial charge in [-0.25, -0.2) is 0 Å². The van der Waals surface area contributed by atoms with Gasteiger partial charge in [0, 0.05) is 11.3 Å². The van der Waals surface area contributed by atoms with Crippen molar-refractivity contribution in [2.24, 2.45) is 0 Å². The van der Waals surface area contributed by atoms with E-state index >= 15 is 0 Å². The van der Waals surface area contributed by atoms with E-state index in [2.05, 4.69) is 31.5 Å². The molecule has 1 aromatic rings. The van der Waals surface area contributed by atoms with Gasteiger partial charge >= 0.3 is 0 Å². The molecule has 0 aliphatic heterocycles. The summed E-state index contributed by atoms with van der Waals surface area (Å²) in [6.07, 6.45) is 2.13. The normalized spacial score (nSPS) is 11.5. The Balaban J connectivity index is 2.66. The van der Waals surface area contributed by atoms with Gasteiger partial charge in [0.05, 0.1) is 11.4 Å². The molecule has 0 unspecified atom stereocenters. The van der Waals surface area contributed by atoms with Crippen LogP contribution in [-0.2, 0) is 0 Å². The lowest BCUT2D eigenvalue weighted by Crippen LogP contribution is -2.26. The topological polar surface area (TPSA) is 38.0 Å². The fraction of sp³-hybridized carbons (Fsp3) is 0.500. The van der Waals surface area contributed by atoms with Crippen LogP contribution in [0.2, 0.25) is 0 Å². The Kier molecular flexibility index (Phi) is 3.91. The molecule has 0 radical (unpaired) electrons. The second-order valence-corrected chi connectivity index (χ2v) is 5.92. The molecule has 0 aliphatic rings. The van der Waals surface area contributed by atoms with Crippen molar-refractivity contribution in [3.05, 3.63) is 23.8 Å². The van der Waals surface area contributed by atoms with Crippen LogP contribution in [0.25, 0.3) is 0 Å². The monoisotopic (exact) mass is 224 g/mol. The van der Waals surface area contributed by atoms with Crippen LogP contribution in [0.5, 0.6) is 0 Å². The molecular formula is C12H20N2S. The summed E-state index contributed by atoms with van der Waals surface area (Å²) in [5.41, 5.74) is 8.98. The van der Waals surface area contributed by atoms with E-state index in [0.29, 0.717) is 0 Å². The van der Waals surface area contributed by atoms with Gasteiger partial charge in [-0.1, -0.05) is 6.07 Å². The van der Waals surface area contributed by atoms with Crippen molar-refractivity contribution in [2.75, 3.05) is 23.9 Å². The van der Waals surface area contributed by atoms with Crippen LogP contribution in [0.1, 0.15) is 19.4 Å². The molecule has 0 spiro atoms. The zero-order chi connectivity index (χ0) is 11.5. The first kappa shape index (κ1) is 12.2. The number of benzene rings is 1. The van der Waals surface area contributed by atoms with Crippen molar-refractivity contribution < 1.29 is 0 Å². The maximum atomic E-state index is 5.92. The Morgan fingerprint density at radius 3 is 2.60 bits per heavy atom. The molecule has 0 aliphatic carbocycles. The summed E-state index contributed by atoms with van der Waals surface area (Å²) in [5, 5.41) is 3.39. The van der Waals surface area contributed by atoms with Gasteiger partial charge in [-0.15, -0.1) is 0 Å². The molecule has 0 amide bonds. The van der Waals surface area contributed by atoms with E-state index < -0.39 is 0 Å². The number of rotatable bonds is 4. The average Bonchev–Trinajstić information content (AvgIpc) is 2.16. The minimum Gasteiger partial charge on any atom is -0.397 e. The molecule has 3 N–H and O–H groups in total. The zero-order valence-corrected chi connectivity index (χ0v) is 10.7. The summed E-state index contributed by atoms with van der Waals surface area (Å²) in [6.45, 7) is 7.40. The first-order valence-electron chi connectivity index (χ1n) is 5.10. The number of thioether (sulfide) groups is 1. The lowest BCUT2D eigenvalue weighted by Gasteiger charge is -2.23. The van der Waals surface area contributed by atoms with E-state index in [-0.39, 0.29) is 4.75 Å². The number of nitrogens with two attached hydrogens (primary N) is 1. The fourth-order valence-electron chi connectivity index (χ4n) is 1.22. The summed E-state index contributed by atoms with van der Waals surface area (Å²) >= 11 is 1.85. The number of nitrogen functional groups attached to an aromatic ring is 1. The van der Waals surface area contributed by atoms with E-state index in [1.165, 1.54) is 5.56 Å². The molecule has 0 fully saturated rings. The standard InChI is InChI=1S/C12H20N2S/c1-9-5-6-11(10(13)7-9)14-8-12(2,3)15-4/h5-7,14H,8,13H2,1-4H3. The quantitative estimate of drug-likeness (QED) is 0.772. The molecule has 0 saturated heterocycles. The highest BCUT2D eigenvalue weighted by atomic mass is 32.2. The fourth-order valence-corrected chi connectivity index (χ4v) is 1.44. The SMILES string of the molecule is CSC(C)(C)CNc1ccc(C)cc1N. The van der Waals surface area contributed by atoms with Crippen molar-refractivity contribution in [3.8, 4) is 0 Å². The second kappa shape index (κ2) is 4.79. The van der Waals surface area contributed by atoms with Crippen molar-refractivity contribution in [1.29, 1.82) is 0 Å². The number of hydrogen-bond acceptors (Lipinski definition) is 3. The van der Waals surface area contributed by atoms with Gasteiger partial charge in [0.25, 0.3) is 0 Å². The predicted molar refractivity (Wildman–Crippen MR) is 71.7 cm³/mol. The first-order valence-corrected chi connectivity index (χ1v) is 6.32. The summed E-state index contributed by atoms with van der Waals surface area (Å²) < 4.78 is 0.233. The van der Waals surface area contributed by atoms with Gasteiger partial charge in [0.2, 0.25) is 0 Å². The second-order valence-electron chi connectivity index (χ2n) is 4.41. The molecule has 84 valence electrons. The minimum absolute atomic E-state index is 0.233. The van der Waals surface area contributed by atoms with E-state index in [0.717, 1.165) is 17.9 Å². The molecular weight excluding hydrogens is 204 g/mol. The molecule has 0 heterocycles.